The lowest BCUT2D eigenvalue weighted by Crippen LogP contribution is -2.23. The molecule has 46 heavy (non-hydrogen) atoms. The van der Waals surface area contributed by atoms with Crippen LogP contribution in [0.5, 0.6) is 5.75 Å². The molecule has 0 saturated carbocycles. The fraction of sp³-hybridized carbons (Fsp3) is 0.0811. The third-order valence-corrected chi connectivity index (χ3v) is 8.92. The molecule has 0 bridgehead atoms. The van der Waals surface area contributed by atoms with E-state index in [4.69, 9.17) is 14.3 Å². The van der Waals surface area contributed by atoms with E-state index in [0.29, 0.717) is 27.7 Å². The van der Waals surface area contributed by atoms with Gasteiger partial charge in [-0.2, -0.15) is 14.6 Å². The van der Waals surface area contributed by atoms with Gasteiger partial charge in [-0.15, -0.1) is 5.10 Å². The highest BCUT2D eigenvalue weighted by Crippen LogP contribution is 2.32. The molecule has 0 aliphatic carbocycles. The normalized spacial score (nSPS) is 12.0. The van der Waals surface area contributed by atoms with Gasteiger partial charge in [-0.3, -0.25) is 4.79 Å². The Kier molecular flexibility index (Phi) is 6.80. The Labute approximate surface area is 267 Å². The number of hydrogen-bond donors (Lipinski definition) is 0. The Balaban J connectivity index is 1.18. The lowest BCUT2D eigenvalue weighted by molar-refractivity contribution is 0.304. The summed E-state index contributed by atoms with van der Waals surface area (Å²) in [5.41, 5.74) is 6.94. The number of para-hydroxylation sites is 2. The number of aryl methyl sites for hydroxylation is 2. The summed E-state index contributed by atoms with van der Waals surface area (Å²) in [5, 5.41) is 10.5. The maximum atomic E-state index is 13.6. The fourth-order valence-corrected chi connectivity index (χ4v) is 6.48. The molecule has 0 aliphatic heterocycles. The molecule has 0 spiro atoms. The maximum Gasteiger partial charge on any atom is 0.291 e. The standard InChI is InChI=1S/C37H27N5O3S/c1-23-19-26(17-18-30(23)44-22-25-11-5-3-6-12-25)33-27(21-41(39-33)28-13-7-4-8-14-28)20-32-36(43)42-37(46-32)38-35(40-42)34-24(2)29-15-9-10-16-31(29)45-34/h3-21H,22H2,1-2H3. The Morgan fingerprint density at radius 2 is 1.65 bits per heavy atom. The molecule has 9 heteroatoms. The molecule has 0 atom stereocenters. The van der Waals surface area contributed by atoms with E-state index >= 15 is 0 Å². The SMILES string of the molecule is Cc1cc(-c2nn(-c3ccccc3)cc2C=c2sc3nc(-c4oc5ccccc5c4C)nn3c2=O)ccc1OCc1ccccc1. The summed E-state index contributed by atoms with van der Waals surface area (Å²) < 4.78 is 15.9. The third kappa shape index (κ3) is 4.96. The van der Waals surface area contributed by atoms with Crippen LogP contribution in [0.25, 0.3) is 50.5 Å². The van der Waals surface area contributed by atoms with E-state index in [1.54, 1.807) is 0 Å². The molecule has 0 N–H and O–H groups in total. The molecule has 0 saturated heterocycles. The van der Waals surface area contributed by atoms with Gasteiger partial charge in [0.25, 0.3) is 5.56 Å². The monoisotopic (exact) mass is 621 g/mol. The van der Waals surface area contributed by atoms with Gasteiger partial charge in [0.05, 0.1) is 10.2 Å². The summed E-state index contributed by atoms with van der Waals surface area (Å²) >= 11 is 1.29. The second-order valence-corrected chi connectivity index (χ2v) is 12.1. The molecule has 0 unspecified atom stereocenters. The summed E-state index contributed by atoms with van der Waals surface area (Å²) in [6, 6.07) is 33.9. The van der Waals surface area contributed by atoms with E-state index in [2.05, 4.69) is 16.1 Å². The number of furan rings is 1. The molecule has 4 aromatic heterocycles. The predicted octanol–water partition coefficient (Wildman–Crippen LogP) is 7.16. The highest BCUT2D eigenvalue weighted by Gasteiger charge is 2.20. The van der Waals surface area contributed by atoms with Crippen molar-refractivity contribution in [2.75, 3.05) is 0 Å². The van der Waals surface area contributed by atoms with Crippen molar-refractivity contribution in [2.24, 2.45) is 0 Å². The number of ether oxygens (including phenoxy) is 1. The van der Waals surface area contributed by atoms with Crippen LogP contribution in [0.2, 0.25) is 0 Å². The zero-order valence-electron chi connectivity index (χ0n) is 25.0. The van der Waals surface area contributed by atoms with Crippen molar-refractivity contribution in [3.05, 3.63) is 146 Å². The van der Waals surface area contributed by atoms with E-state index in [1.165, 1.54) is 15.9 Å². The lowest BCUT2D eigenvalue weighted by Gasteiger charge is -2.10. The van der Waals surface area contributed by atoms with Crippen LogP contribution in [0.1, 0.15) is 22.3 Å². The van der Waals surface area contributed by atoms with Gasteiger partial charge in [0.15, 0.2) is 5.76 Å². The fourth-order valence-electron chi connectivity index (χ4n) is 5.58. The highest BCUT2D eigenvalue weighted by molar-refractivity contribution is 7.15. The molecular formula is C37H27N5O3S. The largest absolute Gasteiger partial charge is 0.489 e. The lowest BCUT2D eigenvalue weighted by atomic mass is 10.0. The van der Waals surface area contributed by atoms with Gasteiger partial charge in [-0.05, 0) is 67.4 Å². The van der Waals surface area contributed by atoms with Gasteiger partial charge in [0.1, 0.15) is 23.6 Å². The first-order valence-electron chi connectivity index (χ1n) is 14.8. The predicted molar refractivity (Wildman–Crippen MR) is 180 cm³/mol. The van der Waals surface area contributed by atoms with Crippen molar-refractivity contribution in [1.29, 1.82) is 0 Å². The van der Waals surface area contributed by atoms with Crippen LogP contribution in [0.15, 0.2) is 119 Å². The second-order valence-electron chi connectivity index (χ2n) is 11.1. The molecular weight excluding hydrogens is 595 g/mol. The minimum absolute atomic E-state index is 0.244. The van der Waals surface area contributed by atoms with Crippen LogP contribution >= 0.6 is 11.3 Å². The quantitative estimate of drug-likeness (QED) is 0.188. The summed E-state index contributed by atoms with van der Waals surface area (Å²) in [6.07, 6.45) is 3.81. The first-order chi connectivity index (χ1) is 22.5. The number of benzene rings is 4. The molecule has 0 amide bonds. The summed E-state index contributed by atoms with van der Waals surface area (Å²) in [7, 11) is 0. The number of hydrogen-bond acceptors (Lipinski definition) is 7. The molecule has 8 nitrogen and oxygen atoms in total. The van der Waals surface area contributed by atoms with E-state index < -0.39 is 0 Å². The topological polar surface area (TPSA) is 87.5 Å². The maximum absolute atomic E-state index is 13.6. The second kappa shape index (κ2) is 11.3. The Bertz CT molecular complexity index is 2480. The van der Waals surface area contributed by atoms with Gasteiger partial charge >= 0.3 is 0 Å². The Hall–Kier alpha value is -5.80. The zero-order chi connectivity index (χ0) is 31.2. The van der Waals surface area contributed by atoms with Gasteiger partial charge in [0.2, 0.25) is 10.8 Å². The van der Waals surface area contributed by atoms with Gasteiger partial charge < -0.3 is 9.15 Å². The molecule has 8 rings (SSSR count). The van der Waals surface area contributed by atoms with Crippen LogP contribution in [-0.2, 0) is 6.61 Å². The van der Waals surface area contributed by atoms with Gasteiger partial charge in [-0.1, -0.05) is 78.1 Å². The molecule has 4 aromatic carbocycles. The number of nitrogens with zero attached hydrogens (tertiary/aromatic N) is 5. The molecule has 224 valence electrons. The molecule has 8 aromatic rings. The Morgan fingerprint density at radius 3 is 2.41 bits per heavy atom. The molecule has 0 radical (unpaired) electrons. The van der Waals surface area contributed by atoms with Crippen molar-refractivity contribution in [2.45, 2.75) is 20.5 Å². The summed E-state index contributed by atoms with van der Waals surface area (Å²) in [5.74, 6) is 1.77. The summed E-state index contributed by atoms with van der Waals surface area (Å²) in [4.78, 5) is 18.8. The number of aromatic nitrogens is 5. The first-order valence-corrected chi connectivity index (χ1v) is 15.7. The van der Waals surface area contributed by atoms with Crippen molar-refractivity contribution >= 4 is 33.3 Å². The van der Waals surface area contributed by atoms with Crippen molar-refractivity contribution < 1.29 is 9.15 Å². The minimum Gasteiger partial charge on any atom is -0.489 e. The third-order valence-electron chi connectivity index (χ3n) is 7.96. The van der Waals surface area contributed by atoms with Crippen molar-refractivity contribution in [3.8, 4) is 34.3 Å². The van der Waals surface area contributed by atoms with E-state index in [1.807, 2.05) is 128 Å². The number of thiazole rings is 1. The average molecular weight is 622 g/mol. The van der Waals surface area contributed by atoms with Crippen LogP contribution in [0.4, 0.5) is 0 Å². The first kappa shape index (κ1) is 27.7. The van der Waals surface area contributed by atoms with E-state index in [-0.39, 0.29) is 5.56 Å². The van der Waals surface area contributed by atoms with Crippen molar-refractivity contribution in [1.82, 2.24) is 24.4 Å². The number of rotatable bonds is 7. The van der Waals surface area contributed by atoms with Gasteiger partial charge in [-0.25, -0.2) is 4.68 Å². The molecule has 0 fully saturated rings. The average Bonchev–Trinajstić information content (AvgIpc) is 3.85. The highest BCUT2D eigenvalue weighted by atomic mass is 32.1. The smallest absolute Gasteiger partial charge is 0.291 e. The van der Waals surface area contributed by atoms with Crippen LogP contribution in [0.3, 0.4) is 0 Å². The van der Waals surface area contributed by atoms with Crippen LogP contribution in [-0.4, -0.2) is 24.4 Å². The Morgan fingerprint density at radius 1 is 0.891 bits per heavy atom. The van der Waals surface area contributed by atoms with Gasteiger partial charge in [0, 0.05) is 28.3 Å². The van der Waals surface area contributed by atoms with E-state index in [9.17, 15) is 4.79 Å². The molecule has 0 aliphatic rings. The zero-order valence-corrected chi connectivity index (χ0v) is 25.9. The van der Waals surface area contributed by atoms with Crippen molar-refractivity contribution in [3.63, 3.8) is 0 Å². The van der Waals surface area contributed by atoms with Crippen LogP contribution < -0.4 is 14.8 Å². The van der Waals surface area contributed by atoms with Crippen LogP contribution in [0, 0.1) is 13.8 Å². The number of fused-ring (bicyclic) bond motifs is 2. The summed E-state index contributed by atoms with van der Waals surface area (Å²) in [6.45, 7) is 4.49. The molecule has 4 heterocycles. The minimum atomic E-state index is -0.244. The van der Waals surface area contributed by atoms with E-state index in [0.717, 1.165) is 55.9 Å².